The number of carbonyl (C=O) groups excluding carboxylic acids is 1. The van der Waals surface area contributed by atoms with Crippen LogP contribution in [0.2, 0.25) is 0 Å². The minimum atomic E-state index is -0.458. The van der Waals surface area contributed by atoms with Crippen molar-refractivity contribution in [2.75, 3.05) is 12.8 Å². The number of aromatic nitrogens is 1. The van der Waals surface area contributed by atoms with E-state index in [4.69, 9.17) is 5.73 Å². The van der Waals surface area contributed by atoms with Crippen LogP contribution in [0.15, 0.2) is 12.1 Å². The van der Waals surface area contributed by atoms with E-state index in [1.54, 1.807) is 6.07 Å². The molecule has 2 rings (SSSR count). The van der Waals surface area contributed by atoms with Crippen LogP contribution in [0.1, 0.15) is 54.2 Å². The van der Waals surface area contributed by atoms with Crippen molar-refractivity contribution in [2.24, 2.45) is 0 Å². The molecule has 0 bridgehead atoms. The zero-order valence-corrected chi connectivity index (χ0v) is 10.1. The number of methoxy groups -OCH3 is 1. The molecule has 1 saturated carbocycles. The lowest BCUT2D eigenvalue weighted by Gasteiger charge is -2.21. The first-order chi connectivity index (χ1) is 8.22. The normalized spacial score (nSPS) is 16.8. The summed E-state index contributed by atoms with van der Waals surface area (Å²) in [6, 6.07) is 3.68. The maximum atomic E-state index is 11.5. The Balaban J connectivity index is 2.26. The Morgan fingerprint density at radius 3 is 2.71 bits per heavy atom. The average molecular weight is 234 g/mol. The largest absolute Gasteiger partial charge is 0.464 e. The molecule has 0 unspecified atom stereocenters. The topological polar surface area (TPSA) is 65.2 Å². The van der Waals surface area contributed by atoms with Crippen molar-refractivity contribution in [1.82, 2.24) is 4.98 Å². The molecule has 92 valence electrons. The summed E-state index contributed by atoms with van der Waals surface area (Å²) in [5.74, 6) is 0.00733. The molecule has 2 N–H and O–H groups in total. The second-order valence-electron chi connectivity index (χ2n) is 4.50. The van der Waals surface area contributed by atoms with E-state index in [1.807, 2.05) is 6.07 Å². The van der Waals surface area contributed by atoms with Crippen molar-refractivity contribution in [2.45, 2.75) is 38.0 Å². The fourth-order valence-corrected chi connectivity index (χ4v) is 2.37. The number of hydrogen-bond donors (Lipinski definition) is 1. The summed E-state index contributed by atoms with van der Waals surface area (Å²) in [5.41, 5.74) is 7.34. The van der Waals surface area contributed by atoms with Crippen LogP contribution >= 0.6 is 0 Å². The first kappa shape index (κ1) is 11.9. The van der Waals surface area contributed by atoms with Gasteiger partial charge in [0.15, 0.2) is 5.69 Å². The van der Waals surface area contributed by atoms with Crippen LogP contribution in [0.5, 0.6) is 0 Å². The third kappa shape index (κ3) is 2.57. The lowest BCUT2D eigenvalue weighted by Crippen LogP contribution is -2.13. The Bertz CT molecular complexity index is 412. The van der Waals surface area contributed by atoms with Gasteiger partial charge in [-0.15, -0.1) is 0 Å². The van der Waals surface area contributed by atoms with E-state index < -0.39 is 5.97 Å². The number of nitrogen functional groups attached to an aromatic ring is 1. The standard InChI is InChI=1S/C13H18N2O2/c1-17-13(16)12-10(14)7-8-11(15-12)9-5-3-2-4-6-9/h7-9H,2-6,14H2,1H3. The smallest absolute Gasteiger partial charge is 0.358 e. The van der Waals surface area contributed by atoms with Gasteiger partial charge in [-0.2, -0.15) is 0 Å². The van der Waals surface area contributed by atoms with Crippen LogP contribution in [0.3, 0.4) is 0 Å². The van der Waals surface area contributed by atoms with Crippen molar-refractivity contribution in [3.05, 3.63) is 23.5 Å². The van der Waals surface area contributed by atoms with E-state index in [1.165, 1.54) is 26.4 Å². The molecule has 0 amide bonds. The summed E-state index contributed by atoms with van der Waals surface area (Å²) in [5, 5.41) is 0. The van der Waals surface area contributed by atoms with E-state index >= 15 is 0 Å². The third-order valence-electron chi connectivity index (χ3n) is 3.35. The number of anilines is 1. The third-order valence-corrected chi connectivity index (χ3v) is 3.35. The summed E-state index contributed by atoms with van der Waals surface area (Å²) < 4.78 is 4.68. The molecular weight excluding hydrogens is 216 g/mol. The van der Waals surface area contributed by atoms with Crippen LogP contribution in [0, 0.1) is 0 Å². The van der Waals surface area contributed by atoms with Gasteiger partial charge in [0.05, 0.1) is 12.8 Å². The number of carbonyl (C=O) groups is 1. The Kier molecular flexibility index (Phi) is 3.61. The van der Waals surface area contributed by atoms with Crippen molar-refractivity contribution < 1.29 is 9.53 Å². The Morgan fingerprint density at radius 2 is 2.06 bits per heavy atom. The quantitative estimate of drug-likeness (QED) is 0.798. The lowest BCUT2D eigenvalue weighted by atomic mass is 9.86. The monoisotopic (exact) mass is 234 g/mol. The van der Waals surface area contributed by atoms with Crippen LogP contribution in [-0.4, -0.2) is 18.1 Å². The second kappa shape index (κ2) is 5.17. The maximum Gasteiger partial charge on any atom is 0.358 e. The van der Waals surface area contributed by atoms with Gasteiger partial charge >= 0.3 is 5.97 Å². The molecule has 0 atom stereocenters. The summed E-state index contributed by atoms with van der Waals surface area (Å²) in [6.45, 7) is 0. The van der Waals surface area contributed by atoms with Crippen LogP contribution in [0.4, 0.5) is 5.69 Å². The number of ether oxygens (including phenoxy) is 1. The predicted octanol–water partition coefficient (Wildman–Crippen LogP) is 2.50. The van der Waals surface area contributed by atoms with Gasteiger partial charge in [-0.25, -0.2) is 9.78 Å². The summed E-state index contributed by atoms with van der Waals surface area (Å²) >= 11 is 0. The van der Waals surface area contributed by atoms with Gasteiger partial charge < -0.3 is 10.5 Å². The van der Waals surface area contributed by atoms with Gasteiger partial charge in [0.1, 0.15) is 0 Å². The molecule has 0 radical (unpaired) electrons. The highest BCUT2D eigenvalue weighted by atomic mass is 16.5. The molecule has 4 nitrogen and oxygen atoms in total. The molecule has 0 aliphatic heterocycles. The van der Waals surface area contributed by atoms with Gasteiger partial charge in [0.25, 0.3) is 0 Å². The maximum absolute atomic E-state index is 11.5. The van der Waals surface area contributed by atoms with Gasteiger partial charge in [0.2, 0.25) is 0 Å². The number of nitrogens with zero attached hydrogens (tertiary/aromatic N) is 1. The molecule has 4 heteroatoms. The Morgan fingerprint density at radius 1 is 1.35 bits per heavy atom. The predicted molar refractivity (Wildman–Crippen MR) is 65.8 cm³/mol. The number of esters is 1. The van der Waals surface area contributed by atoms with Gasteiger partial charge in [-0.1, -0.05) is 19.3 Å². The van der Waals surface area contributed by atoms with Crippen molar-refractivity contribution >= 4 is 11.7 Å². The van der Waals surface area contributed by atoms with Crippen molar-refractivity contribution in [1.29, 1.82) is 0 Å². The summed E-state index contributed by atoms with van der Waals surface area (Å²) in [4.78, 5) is 15.9. The van der Waals surface area contributed by atoms with E-state index in [0.29, 0.717) is 11.6 Å². The number of hydrogen-bond acceptors (Lipinski definition) is 4. The van der Waals surface area contributed by atoms with Crippen molar-refractivity contribution in [3.63, 3.8) is 0 Å². The lowest BCUT2D eigenvalue weighted by molar-refractivity contribution is 0.0595. The fourth-order valence-electron chi connectivity index (χ4n) is 2.37. The van der Waals surface area contributed by atoms with Crippen LogP contribution < -0.4 is 5.73 Å². The number of pyridine rings is 1. The molecule has 17 heavy (non-hydrogen) atoms. The number of rotatable bonds is 2. The highest BCUT2D eigenvalue weighted by Crippen LogP contribution is 2.32. The molecule has 1 heterocycles. The van der Waals surface area contributed by atoms with Gasteiger partial charge in [-0.3, -0.25) is 0 Å². The molecule has 1 aromatic heterocycles. The van der Waals surface area contributed by atoms with E-state index in [-0.39, 0.29) is 5.69 Å². The highest BCUT2D eigenvalue weighted by Gasteiger charge is 2.20. The van der Waals surface area contributed by atoms with Crippen LogP contribution in [0.25, 0.3) is 0 Å². The minimum absolute atomic E-state index is 0.246. The van der Waals surface area contributed by atoms with E-state index in [9.17, 15) is 4.79 Å². The summed E-state index contributed by atoms with van der Waals surface area (Å²) in [6.07, 6.45) is 6.08. The fraction of sp³-hybridized carbons (Fsp3) is 0.538. The van der Waals surface area contributed by atoms with Gasteiger partial charge in [-0.05, 0) is 25.0 Å². The van der Waals surface area contributed by atoms with E-state index in [0.717, 1.165) is 18.5 Å². The zero-order valence-electron chi connectivity index (χ0n) is 10.1. The van der Waals surface area contributed by atoms with Crippen LogP contribution in [-0.2, 0) is 4.74 Å². The first-order valence-electron chi connectivity index (χ1n) is 6.07. The first-order valence-corrected chi connectivity index (χ1v) is 6.07. The summed E-state index contributed by atoms with van der Waals surface area (Å²) in [7, 11) is 1.34. The molecule has 0 spiro atoms. The molecule has 0 saturated heterocycles. The minimum Gasteiger partial charge on any atom is -0.464 e. The van der Waals surface area contributed by atoms with Gasteiger partial charge in [0, 0.05) is 11.6 Å². The zero-order chi connectivity index (χ0) is 12.3. The molecule has 1 aliphatic rings. The average Bonchev–Trinajstić information content (AvgIpc) is 2.39. The molecular formula is C13H18N2O2. The number of nitrogens with two attached hydrogens (primary N) is 1. The van der Waals surface area contributed by atoms with E-state index in [2.05, 4.69) is 9.72 Å². The molecule has 1 fully saturated rings. The molecule has 1 aliphatic carbocycles. The van der Waals surface area contributed by atoms with Crippen molar-refractivity contribution in [3.8, 4) is 0 Å². The highest BCUT2D eigenvalue weighted by molar-refractivity contribution is 5.92. The Labute approximate surface area is 101 Å². The Hall–Kier alpha value is -1.58. The SMILES string of the molecule is COC(=O)c1nc(C2CCCCC2)ccc1N. The second-order valence-corrected chi connectivity index (χ2v) is 4.50. The molecule has 0 aromatic carbocycles. The molecule has 1 aromatic rings.